The average molecular weight is 372 g/mol. The highest BCUT2D eigenvalue weighted by Gasteiger charge is 2.23. The van der Waals surface area contributed by atoms with Crippen molar-refractivity contribution >= 4 is 5.96 Å². The van der Waals surface area contributed by atoms with Crippen LogP contribution in [0.4, 0.5) is 4.39 Å². The molecule has 2 N–H and O–H groups in total. The normalized spacial score (nSPS) is 17.1. The molecule has 1 aromatic carbocycles. The lowest BCUT2D eigenvalue weighted by Gasteiger charge is -2.25. The Labute approximate surface area is 160 Å². The SMILES string of the molecule is CN=C(NCCCc1cccc(F)c1)NC1CCc2nc(C(C)C)nn2C1. The second-order valence-corrected chi connectivity index (χ2v) is 7.34. The molecule has 1 unspecified atom stereocenters. The summed E-state index contributed by atoms with van der Waals surface area (Å²) < 4.78 is 15.2. The minimum absolute atomic E-state index is 0.177. The maximum atomic E-state index is 13.2. The molecule has 0 saturated heterocycles. The molecule has 1 atom stereocenters. The topological polar surface area (TPSA) is 67.1 Å². The maximum Gasteiger partial charge on any atom is 0.191 e. The van der Waals surface area contributed by atoms with E-state index in [9.17, 15) is 4.39 Å². The quantitative estimate of drug-likeness (QED) is 0.465. The van der Waals surface area contributed by atoms with Gasteiger partial charge < -0.3 is 10.6 Å². The number of aromatic nitrogens is 3. The zero-order valence-corrected chi connectivity index (χ0v) is 16.4. The van der Waals surface area contributed by atoms with Crippen LogP contribution in [-0.2, 0) is 19.4 Å². The molecular formula is C20H29FN6. The summed E-state index contributed by atoms with van der Waals surface area (Å²) >= 11 is 0. The zero-order valence-electron chi connectivity index (χ0n) is 16.4. The summed E-state index contributed by atoms with van der Waals surface area (Å²) in [5.41, 5.74) is 1.02. The Bertz CT molecular complexity index is 783. The van der Waals surface area contributed by atoms with E-state index < -0.39 is 0 Å². The Morgan fingerprint density at radius 3 is 3.00 bits per heavy atom. The predicted molar refractivity (Wildman–Crippen MR) is 105 cm³/mol. The van der Waals surface area contributed by atoms with Gasteiger partial charge in [0, 0.05) is 32.0 Å². The first kappa shape index (κ1) is 19.3. The number of rotatable bonds is 6. The predicted octanol–water partition coefficient (Wildman–Crippen LogP) is 2.65. The third kappa shape index (κ3) is 5.28. The number of aryl methyl sites for hydroxylation is 2. The highest BCUT2D eigenvalue weighted by atomic mass is 19.1. The Morgan fingerprint density at radius 1 is 1.41 bits per heavy atom. The number of halogens is 1. The van der Waals surface area contributed by atoms with Gasteiger partial charge in [-0.1, -0.05) is 26.0 Å². The number of hydrogen-bond donors (Lipinski definition) is 2. The van der Waals surface area contributed by atoms with E-state index in [1.165, 1.54) is 6.07 Å². The van der Waals surface area contributed by atoms with Gasteiger partial charge in [-0.2, -0.15) is 5.10 Å². The zero-order chi connectivity index (χ0) is 19.2. The van der Waals surface area contributed by atoms with Crippen LogP contribution in [0.3, 0.4) is 0 Å². The molecule has 1 aliphatic heterocycles. The van der Waals surface area contributed by atoms with Gasteiger partial charge >= 0.3 is 0 Å². The van der Waals surface area contributed by atoms with Crippen LogP contribution in [0.5, 0.6) is 0 Å². The van der Waals surface area contributed by atoms with E-state index in [1.807, 2.05) is 10.7 Å². The van der Waals surface area contributed by atoms with Crippen LogP contribution in [0.15, 0.2) is 29.3 Å². The first-order valence-corrected chi connectivity index (χ1v) is 9.70. The van der Waals surface area contributed by atoms with Gasteiger partial charge in [0.15, 0.2) is 11.8 Å². The second-order valence-electron chi connectivity index (χ2n) is 7.34. The van der Waals surface area contributed by atoms with Crippen LogP contribution in [0.2, 0.25) is 0 Å². The molecule has 7 heteroatoms. The van der Waals surface area contributed by atoms with E-state index >= 15 is 0 Å². The summed E-state index contributed by atoms with van der Waals surface area (Å²) in [7, 11) is 1.78. The Balaban J connectivity index is 1.45. The molecule has 0 fully saturated rings. The fraction of sp³-hybridized carbons (Fsp3) is 0.550. The lowest BCUT2D eigenvalue weighted by atomic mass is 10.1. The first-order chi connectivity index (χ1) is 13.0. The van der Waals surface area contributed by atoms with Crippen LogP contribution < -0.4 is 10.6 Å². The van der Waals surface area contributed by atoms with Gasteiger partial charge in [0.25, 0.3) is 0 Å². The molecule has 0 radical (unpaired) electrons. The van der Waals surface area contributed by atoms with Gasteiger partial charge in [0.05, 0.1) is 6.54 Å². The van der Waals surface area contributed by atoms with Gasteiger partial charge in [-0.15, -0.1) is 0 Å². The number of nitrogens with one attached hydrogen (secondary N) is 2. The molecule has 0 bridgehead atoms. The summed E-state index contributed by atoms with van der Waals surface area (Å²) in [6, 6.07) is 7.07. The number of hydrogen-bond acceptors (Lipinski definition) is 3. The van der Waals surface area contributed by atoms with Crippen molar-refractivity contribution in [3.63, 3.8) is 0 Å². The van der Waals surface area contributed by atoms with Crippen molar-refractivity contribution < 1.29 is 4.39 Å². The summed E-state index contributed by atoms with van der Waals surface area (Å²) in [6.45, 7) is 5.83. The molecule has 3 rings (SSSR count). The highest BCUT2D eigenvalue weighted by Crippen LogP contribution is 2.16. The van der Waals surface area contributed by atoms with Crippen molar-refractivity contribution in [1.29, 1.82) is 0 Å². The minimum atomic E-state index is -0.177. The number of benzene rings is 1. The standard InChI is InChI=1S/C20H29FN6/c1-14(2)19-25-18-10-9-17(13-27(18)26-19)24-20(22-3)23-11-5-7-15-6-4-8-16(21)12-15/h4,6,8,12,14,17H,5,7,9-11,13H2,1-3H3,(H2,22,23,24). The van der Waals surface area contributed by atoms with Crippen LogP contribution >= 0.6 is 0 Å². The van der Waals surface area contributed by atoms with E-state index in [1.54, 1.807) is 19.2 Å². The first-order valence-electron chi connectivity index (χ1n) is 9.70. The maximum absolute atomic E-state index is 13.2. The van der Waals surface area contributed by atoms with Crippen LogP contribution in [0, 0.1) is 5.82 Å². The molecule has 27 heavy (non-hydrogen) atoms. The second kappa shape index (κ2) is 8.97. The molecule has 2 aromatic rings. The number of aliphatic imine (C=N–C) groups is 1. The average Bonchev–Trinajstić information content (AvgIpc) is 3.08. The third-order valence-corrected chi connectivity index (χ3v) is 4.78. The molecule has 0 amide bonds. The van der Waals surface area contributed by atoms with Crippen molar-refractivity contribution in [2.24, 2.45) is 4.99 Å². The van der Waals surface area contributed by atoms with Crippen molar-refractivity contribution in [2.75, 3.05) is 13.6 Å². The van der Waals surface area contributed by atoms with Crippen molar-refractivity contribution in [1.82, 2.24) is 25.4 Å². The van der Waals surface area contributed by atoms with Gasteiger partial charge in [0.1, 0.15) is 11.6 Å². The Kier molecular flexibility index (Phi) is 6.42. The fourth-order valence-electron chi connectivity index (χ4n) is 3.27. The van der Waals surface area contributed by atoms with E-state index in [4.69, 9.17) is 0 Å². The van der Waals surface area contributed by atoms with Crippen molar-refractivity contribution in [3.05, 3.63) is 47.3 Å². The summed E-state index contributed by atoms with van der Waals surface area (Å²) in [5, 5.41) is 11.5. The molecule has 146 valence electrons. The van der Waals surface area contributed by atoms with E-state index in [0.717, 1.165) is 61.9 Å². The van der Waals surface area contributed by atoms with E-state index in [-0.39, 0.29) is 11.9 Å². The van der Waals surface area contributed by atoms with Gasteiger partial charge in [-0.3, -0.25) is 4.99 Å². The summed E-state index contributed by atoms with van der Waals surface area (Å²) in [4.78, 5) is 8.95. The van der Waals surface area contributed by atoms with Crippen LogP contribution in [-0.4, -0.2) is 40.4 Å². The lowest BCUT2D eigenvalue weighted by Crippen LogP contribution is -2.47. The van der Waals surface area contributed by atoms with Gasteiger partial charge in [-0.05, 0) is 37.0 Å². The number of fused-ring (bicyclic) bond motifs is 1. The largest absolute Gasteiger partial charge is 0.356 e. The van der Waals surface area contributed by atoms with Crippen LogP contribution in [0.1, 0.15) is 49.8 Å². The Hall–Kier alpha value is -2.44. The van der Waals surface area contributed by atoms with Crippen molar-refractivity contribution in [2.45, 2.75) is 58.0 Å². The van der Waals surface area contributed by atoms with E-state index in [0.29, 0.717) is 5.92 Å². The number of nitrogens with zero attached hydrogens (tertiary/aromatic N) is 4. The van der Waals surface area contributed by atoms with Gasteiger partial charge in [-0.25, -0.2) is 14.1 Å². The molecule has 0 saturated carbocycles. The summed E-state index contributed by atoms with van der Waals surface area (Å²) in [5.74, 6) is 2.97. The molecule has 2 heterocycles. The lowest BCUT2D eigenvalue weighted by molar-refractivity contribution is 0.391. The monoisotopic (exact) mass is 372 g/mol. The van der Waals surface area contributed by atoms with Gasteiger partial charge in [0.2, 0.25) is 0 Å². The summed E-state index contributed by atoms with van der Waals surface area (Å²) in [6.07, 6.45) is 3.69. The van der Waals surface area contributed by atoms with Crippen molar-refractivity contribution in [3.8, 4) is 0 Å². The molecule has 1 aliphatic rings. The number of guanidine groups is 1. The van der Waals surface area contributed by atoms with Crippen LogP contribution in [0.25, 0.3) is 0 Å². The highest BCUT2D eigenvalue weighted by molar-refractivity contribution is 5.79. The minimum Gasteiger partial charge on any atom is -0.356 e. The molecule has 6 nitrogen and oxygen atoms in total. The van der Waals surface area contributed by atoms with E-state index in [2.05, 4.69) is 39.6 Å². The molecule has 1 aromatic heterocycles. The molecule has 0 aliphatic carbocycles. The fourth-order valence-corrected chi connectivity index (χ4v) is 3.27. The third-order valence-electron chi connectivity index (χ3n) is 4.78. The molecule has 0 spiro atoms. The smallest absolute Gasteiger partial charge is 0.191 e. The Morgan fingerprint density at radius 2 is 2.26 bits per heavy atom. The molecular weight excluding hydrogens is 343 g/mol.